The summed E-state index contributed by atoms with van der Waals surface area (Å²) in [6.07, 6.45) is 0.597. The SMILES string of the molecule is COc1ccc(CCN2C(=O)C(c3ccccc3)=C(N3CCOCC3)C2=O)cc1. The molecule has 0 atom stereocenters. The highest BCUT2D eigenvalue weighted by Crippen LogP contribution is 2.32. The van der Waals surface area contributed by atoms with E-state index >= 15 is 0 Å². The molecule has 6 heteroatoms. The molecular formula is C23H24N2O4. The summed E-state index contributed by atoms with van der Waals surface area (Å²) in [5, 5.41) is 0. The second-order valence-electron chi connectivity index (χ2n) is 7.05. The van der Waals surface area contributed by atoms with Crippen molar-refractivity contribution in [3.05, 3.63) is 71.4 Å². The van der Waals surface area contributed by atoms with Crippen molar-refractivity contribution in [2.75, 3.05) is 40.0 Å². The molecule has 1 fully saturated rings. The Bertz CT molecular complexity index is 916. The number of carbonyl (C=O) groups excluding carboxylic acids is 2. The first-order valence-corrected chi connectivity index (χ1v) is 9.80. The minimum atomic E-state index is -0.226. The number of hydrogen-bond donors (Lipinski definition) is 0. The van der Waals surface area contributed by atoms with Crippen molar-refractivity contribution in [3.8, 4) is 5.75 Å². The van der Waals surface area contributed by atoms with Gasteiger partial charge in [0.1, 0.15) is 11.4 Å². The molecular weight excluding hydrogens is 368 g/mol. The predicted molar refractivity (Wildman–Crippen MR) is 109 cm³/mol. The number of methoxy groups -OCH3 is 1. The van der Waals surface area contributed by atoms with Crippen LogP contribution in [0.25, 0.3) is 5.57 Å². The van der Waals surface area contributed by atoms with Gasteiger partial charge in [0.05, 0.1) is 25.9 Å². The normalized spacial score (nSPS) is 17.3. The summed E-state index contributed by atoms with van der Waals surface area (Å²) >= 11 is 0. The van der Waals surface area contributed by atoms with Gasteiger partial charge in [-0.1, -0.05) is 42.5 Å². The molecule has 6 nitrogen and oxygen atoms in total. The largest absolute Gasteiger partial charge is 0.497 e. The zero-order valence-corrected chi connectivity index (χ0v) is 16.5. The fourth-order valence-corrected chi connectivity index (χ4v) is 3.74. The number of imide groups is 1. The molecule has 0 bridgehead atoms. The van der Waals surface area contributed by atoms with Gasteiger partial charge in [-0.25, -0.2) is 0 Å². The number of morpholine rings is 1. The molecule has 4 rings (SSSR count). The highest BCUT2D eigenvalue weighted by molar-refractivity contribution is 6.35. The second-order valence-corrected chi connectivity index (χ2v) is 7.05. The van der Waals surface area contributed by atoms with Crippen molar-refractivity contribution in [2.45, 2.75) is 6.42 Å². The maximum atomic E-state index is 13.3. The van der Waals surface area contributed by atoms with Crippen molar-refractivity contribution in [2.24, 2.45) is 0 Å². The number of rotatable bonds is 6. The van der Waals surface area contributed by atoms with Crippen molar-refractivity contribution in [1.29, 1.82) is 0 Å². The van der Waals surface area contributed by atoms with Gasteiger partial charge < -0.3 is 14.4 Å². The lowest BCUT2D eigenvalue weighted by molar-refractivity contribution is -0.137. The lowest BCUT2D eigenvalue weighted by Gasteiger charge is -2.29. The lowest BCUT2D eigenvalue weighted by atomic mass is 10.0. The predicted octanol–water partition coefficient (Wildman–Crippen LogP) is 2.35. The van der Waals surface area contributed by atoms with Gasteiger partial charge in [-0.2, -0.15) is 0 Å². The third kappa shape index (κ3) is 3.89. The maximum Gasteiger partial charge on any atom is 0.277 e. The molecule has 0 aromatic heterocycles. The quantitative estimate of drug-likeness (QED) is 0.707. The van der Waals surface area contributed by atoms with Gasteiger partial charge in [0, 0.05) is 19.6 Å². The molecule has 2 heterocycles. The number of amides is 2. The molecule has 150 valence electrons. The van der Waals surface area contributed by atoms with Gasteiger partial charge in [-0.05, 0) is 29.7 Å². The van der Waals surface area contributed by atoms with Crippen LogP contribution in [0, 0.1) is 0 Å². The summed E-state index contributed by atoms with van der Waals surface area (Å²) in [4.78, 5) is 29.9. The van der Waals surface area contributed by atoms with Crippen LogP contribution in [0.4, 0.5) is 0 Å². The number of benzene rings is 2. The molecule has 29 heavy (non-hydrogen) atoms. The number of nitrogens with zero attached hydrogens (tertiary/aromatic N) is 2. The van der Waals surface area contributed by atoms with E-state index in [1.165, 1.54) is 4.90 Å². The maximum absolute atomic E-state index is 13.3. The Morgan fingerprint density at radius 2 is 1.62 bits per heavy atom. The molecule has 0 spiro atoms. The molecule has 2 aromatic carbocycles. The smallest absolute Gasteiger partial charge is 0.277 e. The molecule has 2 aromatic rings. The highest BCUT2D eigenvalue weighted by Gasteiger charge is 2.41. The topological polar surface area (TPSA) is 59.1 Å². The Morgan fingerprint density at radius 3 is 2.28 bits per heavy atom. The van der Waals surface area contributed by atoms with Crippen molar-refractivity contribution in [1.82, 2.24) is 9.80 Å². The molecule has 2 aliphatic heterocycles. The average Bonchev–Trinajstić information content (AvgIpc) is 3.03. The minimum Gasteiger partial charge on any atom is -0.497 e. The van der Waals surface area contributed by atoms with E-state index in [-0.39, 0.29) is 11.8 Å². The van der Waals surface area contributed by atoms with Gasteiger partial charge >= 0.3 is 0 Å². The minimum absolute atomic E-state index is 0.218. The van der Waals surface area contributed by atoms with Crippen LogP contribution in [0.2, 0.25) is 0 Å². The fraction of sp³-hybridized carbons (Fsp3) is 0.304. The number of carbonyl (C=O) groups is 2. The van der Waals surface area contributed by atoms with E-state index < -0.39 is 0 Å². The summed E-state index contributed by atoms with van der Waals surface area (Å²) in [5.74, 6) is 0.338. The van der Waals surface area contributed by atoms with Gasteiger partial charge in [-0.3, -0.25) is 14.5 Å². The van der Waals surface area contributed by atoms with Crippen LogP contribution in [0.1, 0.15) is 11.1 Å². The Hall–Kier alpha value is -3.12. The zero-order valence-electron chi connectivity index (χ0n) is 16.5. The molecule has 2 amide bonds. The van der Waals surface area contributed by atoms with Gasteiger partial charge in [0.2, 0.25) is 0 Å². The lowest BCUT2D eigenvalue weighted by Crippen LogP contribution is -2.40. The van der Waals surface area contributed by atoms with E-state index in [0.717, 1.165) is 16.9 Å². The molecule has 0 N–H and O–H groups in total. The van der Waals surface area contributed by atoms with Gasteiger partial charge in [0.15, 0.2) is 0 Å². The van der Waals surface area contributed by atoms with E-state index in [0.29, 0.717) is 50.5 Å². The van der Waals surface area contributed by atoms with Crippen LogP contribution >= 0.6 is 0 Å². The van der Waals surface area contributed by atoms with Crippen LogP contribution in [-0.4, -0.2) is 61.6 Å². The van der Waals surface area contributed by atoms with Gasteiger partial charge in [-0.15, -0.1) is 0 Å². The number of ether oxygens (including phenoxy) is 2. The monoisotopic (exact) mass is 392 g/mol. The Labute approximate surface area is 170 Å². The molecule has 2 aliphatic rings. The van der Waals surface area contributed by atoms with Gasteiger partial charge in [0.25, 0.3) is 11.8 Å². The Balaban J connectivity index is 1.59. The standard InChI is InChI=1S/C23H24N2O4/c1-28-19-9-7-17(8-10-19)11-12-25-22(26)20(18-5-3-2-4-6-18)21(23(25)27)24-13-15-29-16-14-24/h2-10H,11-16H2,1H3. The molecule has 1 saturated heterocycles. The van der Waals surface area contributed by atoms with Crippen molar-refractivity contribution >= 4 is 17.4 Å². The van der Waals surface area contributed by atoms with Crippen LogP contribution in [0.3, 0.4) is 0 Å². The zero-order chi connectivity index (χ0) is 20.2. The van der Waals surface area contributed by atoms with Crippen LogP contribution in [0.5, 0.6) is 5.75 Å². The first-order chi connectivity index (χ1) is 14.2. The average molecular weight is 392 g/mol. The van der Waals surface area contributed by atoms with Crippen molar-refractivity contribution < 1.29 is 19.1 Å². The van der Waals surface area contributed by atoms with Crippen LogP contribution in [0.15, 0.2) is 60.3 Å². The molecule has 0 aliphatic carbocycles. The first kappa shape index (κ1) is 19.2. The summed E-state index contributed by atoms with van der Waals surface area (Å²) in [7, 11) is 1.63. The van der Waals surface area contributed by atoms with Crippen LogP contribution in [-0.2, 0) is 20.7 Å². The third-order valence-corrected chi connectivity index (χ3v) is 5.32. The highest BCUT2D eigenvalue weighted by atomic mass is 16.5. The van der Waals surface area contributed by atoms with Crippen LogP contribution < -0.4 is 4.74 Å². The van der Waals surface area contributed by atoms with E-state index in [2.05, 4.69) is 0 Å². The van der Waals surface area contributed by atoms with Crippen molar-refractivity contribution in [3.63, 3.8) is 0 Å². The number of hydrogen-bond acceptors (Lipinski definition) is 5. The molecule has 0 radical (unpaired) electrons. The summed E-state index contributed by atoms with van der Waals surface area (Å²) in [6, 6.07) is 17.1. The summed E-state index contributed by atoms with van der Waals surface area (Å²) < 4.78 is 10.6. The fourth-order valence-electron chi connectivity index (χ4n) is 3.74. The molecule has 0 unspecified atom stereocenters. The third-order valence-electron chi connectivity index (χ3n) is 5.32. The second kappa shape index (κ2) is 8.49. The summed E-state index contributed by atoms with van der Waals surface area (Å²) in [6.45, 7) is 2.67. The Kier molecular flexibility index (Phi) is 5.62. The van der Waals surface area contributed by atoms with E-state index in [1.54, 1.807) is 7.11 Å². The van der Waals surface area contributed by atoms with E-state index in [1.807, 2.05) is 59.5 Å². The Morgan fingerprint density at radius 1 is 0.931 bits per heavy atom. The summed E-state index contributed by atoms with van der Waals surface area (Å²) in [5.41, 5.74) is 2.82. The first-order valence-electron chi connectivity index (χ1n) is 9.80. The molecule has 0 saturated carbocycles. The van der Waals surface area contributed by atoms with E-state index in [4.69, 9.17) is 9.47 Å². The van der Waals surface area contributed by atoms with E-state index in [9.17, 15) is 9.59 Å².